The van der Waals surface area contributed by atoms with Crippen molar-refractivity contribution in [2.24, 2.45) is 0 Å². The molecule has 0 atom stereocenters. The van der Waals surface area contributed by atoms with Crippen LogP contribution in [0.25, 0.3) is 0 Å². The SMILES string of the molecule is CCCNC(=O)CCS(=O)(=O)N(C)c1ccccc1. The number of nitrogens with one attached hydrogen (secondary N) is 1. The number of carbonyl (C=O) groups excluding carboxylic acids is 1. The van der Waals surface area contributed by atoms with Gasteiger partial charge in [0.2, 0.25) is 15.9 Å². The lowest BCUT2D eigenvalue weighted by atomic mass is 10.3. The van der Waals surface area contributed by atoms with Crippen LogP contribution in [0.3, 0.4) is 0 Å². The fraction of sp³-hybridized carbons (Fsp3) is 0.462. The first-order valence-electron chi connectivity index (χ1n) is 6.25. The molecule has 5 nitrogen and oxygen atoms in total. The molecule has 0 spiro atoms. The minimum Gasteiger partial charge on any atom is -0.356 e. The van der Waals surface area contributed by atoms with Crippen molar-refractivity contribution >= 4 is 21.6 Å². The second-order valence-electron chi connectivity index (χ2n) is 4.22. The minimum atomic E-state index is -3.46. The van der Waals surface area contributed by atoms with Crippen molar-refractivity contribution in [3.8, 4) is 0 Å². The monoisotopic (exact) mass is 284 g/mol. The van der Waals surface area contributed by atoms with Crippen molar-refractivity contribution in [1.29, 1.82) is 0 Å². The molecule has 0 aliphatic rings. The summed E-state index contributed by atoms with van der Waals surface area (Å²) >= 11 is 0. The average molecular weight is 284 g/mol. The molecule has 1 rings (SSSR count). The number of hydrogen-bond donors (Lipinski definition) is 1. The zero-order chi connectivity index (χ0) is 14.3. The summed E-state index contributed by atoms with van der Waals surface area (Å²) in [6.45, 7) is 2.52. The van der Waals surface area contributed by atoms with Crippen molar-refractivity contribution in [1.82, 2.24) is 5.32 Å². The van der Waals surface area contributed by atoms with Crippen LogP contribution < -0.4 is 9.62 Å². The standard InChI is InChI=1S/C13H20N2O3S/c1-3-10-14-13(16)9-11-19(17,18)15(2)12-7-5-4-6-8-12/h4-8H,3,9-11H2,1-2H3,(H,14,16). The summed E-state index contributed by atoms with van der Waals surface area (Å²) in [7, 11) is -1.97. The quantitative estimate of drug-likeness (QED) is 0.822. The summed E-state index contributed by atoms with van der Waals surface area (Å²) in [5.74, 6) is -0.416. The molecule has 0 fully saturated rings. The summed E-state index contributed by atoms with van der Waals surface area (Å²) in [5, 5.41) is 2.66. The van der Waals surface area contributed by atoms with Gasteiger partial charge in [0.05, 0.1) is 11.4 Å². The van der Waals surface area contributed by atoms with Crippen LogP contribution in [-0.4, -0.2) is 33.7 Å². The van der Waals surface area contributed by atoms with E-state index in [2.05, 4.69) is 5.32 Å². The van der Waals surface area contributed by atoms with Gasteiger partial charge >= 0.3 is 0 Å². The van der Waals surface area contributed by atoms with Gasteiger partial charge < -0.3 is 5.32 Å². The Morgan fingerprint density at radius 3 is 2.47 bits per heavy atom. The maximum Gasteiger partial charge on any atom is 0.235 e. The van der Waals surface area contributed by atoms with E-state index < -0.39 is 10.0 Å². The second-order valence-corrected chi connectivity index (χ2v) is 6.34. The van der Waals surface area contributed by atoms with E-state index in [1.54, 1.807) is 24.3 Å². The molecule has 106 valence electrons. The molecule has 0 saturated carbocycles. The minimum absolute atomic E-state index is 0.0144. The Morgan fingerprint density at radius 1 is 1.26 bits per heavy atom. The molecular formula is C13H20N2O3S. The Hall–Kier alpha value is -1.56. The van der Waals surface area contributed by atoms with E-state index in [4.69, 9.17) is 0 Å². The smallest absolute Gasteiger partial charge is 0.235 e. The van der Waals surface area contributed by atoms with Crippen LogP contribution in [0.15, 0.2) is 30.3 Å². The zero-order valence-corrected chi connectivity index (χ0v) is 12.1. The molecule has 0 unspecified atom stereocenters. The highest BCUT2D eigenvalue weighted by atomic mass is 32.2. The molecule has 6 heteroatoms. The molecule has 0 aromatic heterocycles. The van der Waals surface area contributed by atoms with Gasteiger partial charge in [0.15, 0.2) is 0 Å². The van der Waals surface area contributed by atoms with Crippen molar-refractivity contribution < 1.29 is 13.2 Å². The highest BCUT2D eigenvalue weighted by Crippen LogP contribution is 2.15. The number of hydrogen-bond acceptors (Lipinski definition) is 3. The normalized spacial score (nSPS) is 11.1. The Kier molecular flexibility index (Phi) is 5.82. The van der Waals surface area contributed by atoms with Gasteiger partial charge in [0.25, 0.3) is 0 Å². The van der Waals surface area contributed by atoms with E-state index >= 15 is 0 Å². The van der Waals surface area contributed by atoms with Crippen LogP contribution in [-0.2, 0) is 14.8 Å². The van der Waals surface area contributed by atoms with Gasteiger partial charge in [-0.3, -0.25) is 9.10 Å². The van der Waals surface area contributed by atoms with Gasteiger partial charge in [-0.1, -0.05) is 25.1 Å². The molecule has 0 bridgehead atoms. The van der Waals surface area contributed by atoms with Crippen molar-refractivity contribution in [3.63, 3.8) is 0 Å². The van der Waals surface area contributed by atoms with Gasteiger partial charge in [-0.15, -0.1) is 0 Å². The Bertz CT molecular complexity index is 500. The second kappa shape index (κ2) is 7.13. The maximum atomic E-state index is 12.1. The van der Waals surface area contributed by atoms with Gasteiger partial charge in [0.1, 0.15) is 0 Å². The van der Waals surface area contributed by atoms with E-state index in [1.165, 1.54) is 11.4 Å². The summed E-state index contributed by atoms with van der Waals surface area (Å²) in [5.41, 5.74) is 0.594. The van der Waals surface area contributed by atoms with Gasteiger partial charge in [0, 0.05) is 20.0 Å². The van der Waals surface area contributed by atoms with E-state index in [9.17, 15) is 13.2 Å². The molecule has 19 heavy (non-hydrogen) atoms. The van der Waals surface area contributed by atoms with Gasteiger partial charge in [-0.05, 0) is 18.6 Å². The van der Waals surface area contributed by atoms with Crippen molar-refractivity contribution in [2.45, 2.75) is 19.8 Å². The van der Waals surface area contributed by atoms with Crippen LogP contribution >= 0.6 is 0 Å². The molecule has 1 aromatic rings. The van der Waals surface area contributed by atoms with Gasteiger partial charge in [-0.2, -0.15) is 0 Å². The number of amides is 1. The van der Waals surface area contributed by atoms with E-state index in [0.717, 1.165) is 6.42 Å². The fourth-order valence-electron chi connectivity index (χ4n) is 1.51. The average Bonchev–Trinajstić information content (AvgIpc) is 2.43. The predicted molar refractivity (Wildman–Crippen MR) is 76.5 cm³/mol. The number of rotatable bonds is 7. The number of para-hydroxylation sites is 1. The fourth-order valence-corrected chi connectivity index (χ4v) is 2.67. The third-order valence-electron chi connectivity index (χ3n) is 2.70. The first-order chi connectivity index (χ1) is 8.97. The zero-order valence-electron chi connectivity index (χ0n) is 11.3. The Morgan fingerprint density at radius 2 is 1.89 bits per heavy atom. The van der Waals surface area contributed by atoms with Crippen LogP contribution in [0.4, 0.5) is 5.69 Å². The van der Waals surface area contributed by atoms with E-state index in [-0.39, 0.29) is 18.1 Å². The lowest BCUT2D eigenvalue weighted by Gasteiger charge is -2.19. The van der Waals surface area contributed by atoms with Gasteiger partial charge in [-0.25, -0.2) is 8.42 Å². The lowest BCUT2D eigenvalue weighted by molar-refractivity contribution is -0.120. The Labute approximate surface area is 114 Å². The number of nitrogens with zero attached hydrogens (tertiary/aromatic N) is 1. The van der Waals surface area contributed by atoms with Crippen LogP contribution in [0.5, 0.6) is 0 Å². The lowest BCUT2D eigenvalue weighted by Crippen LogP contribution is -2.32. The molecule has 0 aliphatic carbocycles. The maximum absolute atomic E-state index is 12.1. The van der Waals surface area contributed by atoms with E-state index in [0.29, 0.717) is 12.2 Å². The third-order valence-corrected chi connectivity index (χ3v) is 4.46. The molecular weight excluding hydrogens is 264 g/mol. The molecule has 0 saturated heterocycles. The summed E-state index contributed by atoms with van der Waals surface area (Å²) in [6.07, 6.45) is 0.821. The number of sulfonamides is 1. The highest BCUT2D eigenvalue weighted by Gasteiger charge is 2.19. The molecule has 0 radical (unpaired) electrons. The summed E-state index contributed by atoms with van der Waals surface area (Å²) < 4.78 is 25.3. The van der Waals surface area contributed by atoms with Crippen molar-refractivity contribution in [3.05, 3.63) is 30.3 Å². The molecule has 0 heterocycles. The third kappa shape index (κ3) is 4.90. The van der Waals surface area contributed by atoms with Crippen LogP contribution in [0, 0.1) is 0 Å². The Balaban J connectivity index is 2.59. The molecule has 1 N–H and O–H groups in total. The van der Waals surface area contributed by atoms with Crippen LogP contribution in [0.1, 0.15) is 19.8 Å². The first-order valence-corrected chi connectivity index (χ1v) is 7.86. The molecule has 1 aromatic carbocycles. The highest BCUT2D eigenvalue weighted by molar-refractivity contribution is 7.92. The molecule has 1 amide bonds. The number of benzene rings is 1. The summed E-state index contributed by atoms with van der Waals surface area (Å²) in [4.78, 5) is 11.4. The predicted octanol–water partition coefficient (Wildman–Crippen LogP) is 1.37. The topological polar surface area (TPSA) is 66.5 Å². The molecule has 0 aliphatic heterocycles. The number of carbonyl (C=O) groups is 1. The van der Waals surface area contributed by atoms with Crippen LogP contribution in [0.2, 0.25) is 0 Å². The van der Waals surface area contributed by atoms with Crippen molar-refractivity contribution in [2.75, 3.05) is 23.7 Å². The first kappa shape index (κ1) is 15.5. The van der Waals surface area contributed by atoms with E-state index in [1.807, 2.05) is 13.0 Å². The largest absolute Gasteiger partial charge is 0.356 e. The summed E-state index contributed by atoms with van der Waals surface area (Å²) in [6, 6.07) is 8.80. The number of anilines is 1.